The zero-order valence-corrected chi connectivity index (χ0v) is 16.8. The summed E-state index contributed by atoms with van der Waals surface area (Å²) in [4.78, 5) is 26.3. The lowest BCUT2D eigenvalue weighted by Gasteiger charge is -2.45. The number of Topliss-reactive ketones (excluding diaryl/α,β-unsaturated/α-hetero) is 1. The van der Waals surface area contributed by atoms with Crippen LogP contribution in [0.15, 0.2) is 54.6 Å². The maximum atomic E-state index is 13.5. The molecule has 6 nitrogen and oxygen atoms in total. The second-order valence-corrected chi connectivity index (χ2v) is 7.11. The topological polar surface area (TPSA) is 76.7 Å². The molecule has 0 aliphatic carbocycles. The van der Waals surface area contributed by atoms with Crippen molar-refractivity contribution in [3.63, 3.8) is 0 Å². The summed E-state index contributed by atoms with van der Waals surface area (Å²) in [5, 5.41) is 6.63. The largest absolute Gasteiger partial charge is 0.465 e. The summed E-state index contributed by atoms with van der Waals surface area (Å²) in [7, 11) is 2.57. The lowest BCUT2D eigenvalue weighted by Crippen LogP contribution is -2.71. The molecule has 0 aromatic heterocycles. The summed E-state index contributed by atoms with van der Waals surface area (Å²) in [6, 6.07) is 15.0. The van der Waals surface area contributed by atoms with Crippen molar-refractivity contribution >= 4 is 40.7 Å². The van der Waals surface area contributed by atoms with Crippen molar-refractivity contribution in [2.45, 2.75) is 11.8 Å². The van der Waals surface area contributed by atoms with Crippen molar-refractivity contribution in [3.05, 3.63) is 70.7 Å². The Morgan fingerprint density at radius 3 is 2.29 bits per heavy atom. The van der Waals surface area contributed by atoms with Gasteiger partial charge >= 0.3 is 5.97 Å². The molecule has 0 spiro atoms. The van der Waals surface area contributed by atoms with Gasteiger partial charge < -0.3 is 20.1 Å². The van der Waals surface area contributed by atoms with E-state index in [1.54, 1.807) is 48.5 Å². The van der Waals surface area contributed by atoms with Gasteiger partial charge in [0, 0.05) is 17.7 Å². The Morgan fingerprint density at radius 1 is 1.07 bits per heavy atom. The van der Waals surface area contributed by atoms with Crippen LogP contribution in [-0.4, -0.2) is 36.8 Å². The van der Waals surface area contributed by atoms with Gasteiger partial charge in [0.1, 0.15) is 5.92 Å². The average Bonchev–Trinajstić information content (AvgIpc) is 2.73. The highest BCUT2D eigenvalue weighted by Gasteiger charge is 2.58. The molecule has 1 aliphatic rings. The number of carbonyl (C=O) groups excluding carboxylic acids is 2. The van der Waals surface area contributed by atoms with Gasteiger partial charge in [-0.25, -0.2) is 4.79 Å². The number of ether oxygens (including phenoxy) is 2. The van der Waals surface area contributed by atoms with E-state index >= 15 is 0 Å². The Hall–Kier alpha value is -2.48. The molecule has 146 valence electrons. The van der Waals surface area contributed by atoms with Crippen molar-refractivity contribution in [1.29, 1.82) is 0 Å². The fourth-order valence-corrected chi connectivity index (χ4v) is 3.80. The predicted octanol–water partition coefficient (Wildman–Crippen LogP) is 2.87. The molecule has 8 heteroatoms. The van der Waals surface area contributed by atoms with Crippen molar-refractivity contribution in [2.24, 2.45) is 5.92 Å². The molecule has 3 atom stereocenters. The first-order valence-corrected chi connectivity index (χ1v) is 9.28. The molecule has 28 heavy (non-hydrogen) atoms. The van der Waals surface area contributed by atoms with E-state index in [0.29, 0.717) is 10.6 Å². The smallest absolute Gasteiger partial charge is 0.360 e. The Kier molecular flexibility index (Phi) is 5.98. The highest BCUT2D eigenvalue weighted by Crippen LogP contribution is 2.38. The monoisotopic (exact) mass is 418 g/mol. The van der Waals surface area contributed by atoms with Gasteiger partial charge in [0.2, 0.25) is 0 Å². The summed E-state index contributed by atoms with van der Waals surface area (Å²) in [6.45, 7) is 0. The number of esters is 1. The number of benzene rings is 2. The molecule has 0 radical (unpaired) electrons. The Labute approximate surface area is 173 Å². The minimum Gasteiger partial charge on any atom is -0.465 e. The van der Waals surface area contributed by atoms with Gasteiger partial charge in [0.05, 0.1) is 13.2 Å². The fraction of sp³-hybridized carbons (Fsp3) is 0.250. The quantitative estimate of drug-likeness (QED) is 0.439. The molecule has 0 saturated carbocycles. The van der Waals surface area contributed by atoms with Gasteiger partial charge in [-0.2, -0.15) is 0 Å². The number of hydrogen-bond acceptors (Lipinski definition) is 5. The molecule has 2 N–H and O–H groups in total. The van der Waals surface area contributed by atoms with Crippen molar-refractivity contribution in [3.8, 4) is 0 Å². The van der Waals surface area contributed by atoms with Crippen LogP contribution in [0.1, 0.15) is 22.0 Å². The number of ketones is 1. The second-order valence-electron chi connectivity index (χ2n) is 6.27. The summed E-state index contributed by atoms with van der Waals surface area (Å²) in [5.41, 5.74) is -0.616. The lowest BCUT2D eigenvalue weighted by atomic mass is 9.77. The van der Waals surface area contributed by atoms with Crippen LogP contribution < -0.4 is 10.6 Å². The standard InChI is InChI=1S/C20H19ClN2O4S/c1-26-18(25)20(27-2)15(17(24)13-6-4-3-5-7-13)16(22-19(28)23-20)12-8-10-14(21)11-9-12/h3-11,15-16H,1-2H3,(H2,22,23,28). The van der Waals surface area contributed by atoms with Crippen LogP contribution in [0, 0.1) is 5.92 Å². The van der Waals surface area contributed by atoms with Crippen LogP contribution >= 0.6 is 23.8 Å². The molecular formula is C20H19ClN2O4S. The van der Waals surface area contributed by atoms with Crippen molar-refractivity contribution in [2.75, 3.05) is 14.2 Å². The number of thiocarbonyl (C=S) groups is 1. The molecule has 3 rings (SSSR count). The predicted molar refractivity (Wildman–Crippen MR) is 109 cm³/mol. The van der Waals surface area contributed by atoms with Crippen molar-refractivity contribution < 1.29 is 19.1 Å². The highest BCUT2D eigenvalue weighted by atomic mass is 35.5. The van der Waals surface area contributed by atoms with Gasteiger partial charge in [-0.3, -0.25) is 4.79 Å². The Bertz CT molecular complexity index is 891. The molecular weight excluding hydrogens is 400 g/mol. The third-order valence-corrected chi connectivity index (χ3v) is 5.21. The third kappa shape index (κ3) is 3.61. The first-order chi connectivity index (χ1) is 13.4. The number of carbonyl (C=O) groups is 2. The average molecular weight is 419 g/mol. The fourth-order valence-electron chi connectivity index (χ4n) is 3.40. The van der Waals surface area contributed by atoms with Crippen LogP contribution in [0.4, 0.5) is 0 Å². The Morgan fingerprint density at radius 2 is 1.71 bits per heavy atom. The van der Waals surface area contributed by atoms with Crippen LogP contribution in [-0.2, 0) is 14.3 Å². The molecule has 0 amide bonds. The van der Waals surface area contributed by atoms with Crippen LogP contribution in [0.3, 0.4) is 0 Å². The lowest BCUT2D eigenvalue weighted by molar-refractivity contribution is -0.177. The number of nitrogens with one attached hydrogen (secondary N) is 2. The molecule has 1 aliphatic heterocycles. The number of methoxy groups -OCH3 is 2. The first kappa shape index (κ1) is 20.3. The van der Waals surface area contributed by atoms with E-state index in [1.807, 2.05) is 6.07 Å². The molecule has 2 aromatic carbocycles. The zero-order chi connectivity index (χ0) is 20.3. The SMILES string of the molecule is COC(=O)C1(OC)NC(=S)NC(c2ccc(Cl)cc2)C1C(=O)c1ccccc1. The normalized spacial score (nSPS) is 24.0. The third-order valence-electron chi connectivity index (χ3n) is 4.74. The molecule has 1 saturated heterocycles. The summed E-state index contributed by atoms with van der Waals surface area (Å²) in [6.07, 6.45) is 0. The van der Waals surface area contributed by atoms with Crippen molar-refractivity contribution in [1.82, 2.24) is 10.6 Å². The highest BCUT2D eigenvalue weighted by molar-refractivity contribution is 7.80. The minimum absolute atomic E-state index is 0.171. The van der Waals surface area contributed by atoms with E-state index in [0.717, 1.165) is 5.56 Å². The second kappa shape index (κ2) is 8.26. The van der Waals surface area contributed by atoms with Gasteiger partial charge in [0.25, 0.3) is 5.72 Å². The molecule has 3 unspecified atom stereocenters. The van der Waals surface area contributed by atoms with Gasteiger partial charge in [0.15, 0.2) is 10.9 Å². The summed E-state index contributed by atoms with van der Waals surface area (Å²) < 4.78 is 10.5. The Balaban J connectivity index is 2.18. The van der Waals surface area contributed by atoms with Crippen LogP contribution in [0.25, 0.3) is 0 Å². The van der Waals surface area contributed by atoms with Gasteiger partial charge in [-0.1, -0.05) is 54.1 Å². The zero-order valence-electron chi connectivity index (χ0n) is 15.3. The van der Waals surface area contributed by atoms with E-state index in [1.165, 1.54) is 14.2 Å². The molecule has 0 bridgehead atoms. The van der Waals surface area contributed by atoms with E-state index in [9.17, 15) is 9.59 Å². The molecule has 1 fully saturated rings. The maximum Gasteiger partial charge on any atom is 0.360 e. The van der Waals surface area contributed by atoms with E-state index in [4.69, 9.17) is 33.3 Å². The van der Waals surface area contributed by atoms with Gasteiger partial charge in [-0.05, 0) is 29.9 Å². The summed E-state index contributed by atoms with van der Waals surface area (Å²) >= 11 is 11.3. The van der Waals surface area contributed by atoms with E-state index in [-0.39, 0.29) is 10.9 Å². The first-order valence-electron chi connectivity index (χ1n) is 8.50. The number of halogens is 1. The number of rotatable bonds is 5. The van der Waals surface area contributed by atoms with Crippen LogP contribution in [0.5, 0.6) is 0 Å². The summed E-state index contributed by atoms with van der Waals surface area (Å²) in [5.74, 6) is -2.04. The van der Waals surface area contributed by atoms with E-state index < -0.39 is 23.7 Å². The minimum atomic E-state index is -1.78. The molecule has 2 aromatic rings. The maximum absolute atomic E-state index is 13.5. The number of hydrogen-bond donors (Lipinski definition) is 2. The van der Waals surface area contributed by atoms with Gasteiger partial charge in [-0.15, -0.1) is 0 Å². The molecule has 1 heterocycles. The van der Waals surface area contributed by atoms with E-state index in [2.05, 4.69) is 10.6 Å². The van der Waals surface area contributed by atoms with Crippen LogP contribution in [0.2, 0.25) is 5.02 Å².